The van der Waals surface area contributed by atoms with Gasteiger partial charge in [-0.25, -0.2) is 0 Å². The molecule has 0 bridgehead atoms. The number of alkyl halides is 2. The van der Waals surface area contributed by atoms with Crippen molar-refractivity contribution in [2.24, 2.45) is 0 Å². The first-order chi connectivity index (χ1) is 8.15. The first-order valence-electron chi connectivity index (χ1n) is 5.66. The molecule has 0 saturated carbocycles. The Morgan fingerprint density at radius 1 is 1.41 bits per heavy atom. The van der Waals surface area contributed by atoms with Gasteiger partial charge in [0.2, 0.25) is 0 Å². The van der Waals surface area contributed by atoms with Crippen molar-refractivity contribution < 1.29 is 13.5 Å². The normalized spacial score (nSPS) is 17.9. The van der Waals surface area contributed by atoms with Gasteiger partial charge in [0.25, 0.3) is 0 Å². The maximum Gasteiger partial charge on any atom is 0.387 e. The molecule has 2 N–H and O–H groups in total. The van der Waals surface area contributed by atoms with Crippen LogP contribution in [0.15, 0.2) is 24.3 Å². The zero-order chi connectivity index (χ0) is 12.3. The molecule has 5 heteroatoms. The summed E-state index contributed by atoms with van der Waals surface area (Å²) in [6.45, 7) is 1.15. The monoisotopic (exact) mass is 242 g/mol. The second-order valence-corrected chi connectivity index (χ2v) is 4.19. The maximum atomic E-state index is 12.1. The largest absolute Gasteiger partial charge is 0.435 e. The van der Waals surface area contributed by atoms with Crippen molar-refractivity contribution in [1.82, 2.24) is 10.6 Å². The molecule has 0 aromatic heterocycles. The molecule has 0 aliphatic carbocycles. The Kier molecular flexibility index (Phi) is 3.91. The summed E-state index contributed by atoms with van der Waals surface area (Å²) in [7, 11) is 0. The van der Waals surface area contributed by atoms with Crippen LogP contribution in [-0.4, -0.2) is 25.7 Å². The molecule has 1 aliphatic rings. The van der Waals surface area contributed by atoms with Crippen LogP contribution in [0.4, 0.5) is 8.78 Å². The second kappa shape index (κ2) is 5.42. The third kappa shape index (κ3) is 3.38. The number of hydrogen-bond acceptors (Lipinski definition) is 3. The Hall–Kier alpha value is -1.20. The molecule has 2 rings (SSSR count). The highest BCUT2D eigenvalue weighted by Gasteiger charge is 2.19. The van der Waals surface area contributed by atoms with E-state index in [1.54, 1.807) is 12.1 Å². The van der Waals surface area contributed by atoms with Gasteiger partial charge in [-0.05, 0) is 24.6 Å². The number of nitrogens with one attached hydrogen (secondary N) is 2. The molecule has 1 aromatic rings. The number of ether oxygens (including phenoxy) is 1. The molecule has 3 nitrogen and oxygen atoms in total. The van der Waals surface area contributed by atoms with E-state index in [4.69, 9.17) is 0 Å². The van der Waals surface area contributed by atoms with E-state index in [-0.39, 0.29) is 11.8 Å². The SMILES string of the molecule is CC(NC1CNC1)c1cccc(OC(F)F)c1. The number of hydrogen-bond donors (Lipinski definition) is 2. The van der Waals surface area contributed by atoms with Crippen molar-refractivity contribution in [3.8, 4) is 5.75 Å². The van der Waals surface area contributed by atoms with Crippen molar-refractivity contribution in [3.05, 3.63) is 29.8 Å². The Balaban J connectivity index is 1.98. The smallest absolute Gasteiger partial charge is 0.387 e. The van der Waals surface area contributed by atoms with Gasteiger partial charge in [-0.3, -0.25) is 0 Å². The highest BCUT2D eigenvalue weighted by atomic mass is 19.3. The lowest BCUT2D eigenvalue weighted by atomic mass is 10.1. The van der Waals surface area contributed by atoms with Crippen molar-refractivity contribution in [2.75, 3.05) is 13.1 Å². The van der Waals surface area contributed by atoms with Gasteiger partial charge in [-0.2, -0.15) is 8.78 Å². The van der Waals surface area contributed by atoms with Crippen LogP contribution in [-0.2, 0) is 0 Å². The molecule has 1 unspecified atom stereocenters. The lowest BCUT2D eigenvalue weighted by Gasteiger charge is -2.31. The quantitative estimate of drug-likeness (QED) is 0.827. The number of rotatable bonds is 5. The molecule has 1 heterocycles. The first-order valence-corrected chi connectivity index (χ1v) is 5.66. The fourth-order valence-corrected chi connectivity index (χ4v) is 1.82. The molecule has 0 radical (unpaired) electrons. The van der Waals surface area contributed by atoms with Gasteiger partial charge in [-0.15, -0.1) is 0 Å². The van der Waals surface area contributed by atoms with E-state index in [9.17, 15) is 8.78 Å². The second-order valence-electron chi connectivity index (χ2n) is 4.19. The van der Waals surface area contributed by atoms with E-state index in [1.807, 2.05) is 13.0 Å². The van der Waals surface area contributed by atoms with Crippen molar-refractivity contribution in [3.63, 3.8) is 0 Å². The fraction of sp³-hybridized carbons (Fsp3) is 0.500. The predicted octanol–water partition coefficient (Wildman–Crippen LogP) is 1.91. The molecular weight excluding hydrogens is 226 g/mol. The number of halogens is 2. The predicted molar refractivity (Wildman–Crippen MR) is 61.3 cm³/mol. The Morgan fingerprint density at radius 2 is 2.18 bits per heavy atom. The summed E-state index contributed by atoms with van der Waals surface area (Å²) in [5.74, 6) is 0.206. The van der Waals surface area contributed by atoms with Gasteiger partial charge in [0.15, 0.2) is 0 Å². The van der Waals surface area contributed by atoms with Crippen LogP contribution in [0.1, 0.15) is 18.5 Å². The van der Waals surface area contributed by atoms with E-state index >= 15 is 0 Å². The van der Waals surface area contributed by atoms with Crippen molar-refractivity contribution in [2.45, 2.75) is 25.6 Å². The minimum Gasteiger partial charge on any atom is -0.435 e. The van der Waals surface area contributed by atoms with Gasteiger partial charge >= 0.3 is 6.61 Å². The van der Waals surface area contributed by atoms with Crippen LogP contribution in [0.2, 0.25) is 0 Å². The summed E-state index contributed by atoms with van der Waals surface area (Å²) >= 11 is 0. The Labute approximate surface area is 99.2 Å². The highest BCUT2D eigenvalue weighted by Crippen LogP contribution is 2.21. The zero-order valence-electron chi connectivity index (χ0n) is 9.62. The van der Waals surface area contributed by atoms with Crippen LogP contribution in [0.25, 0.3) is 0 Å². The Bertz CT molecular complexity index is 369. The summed E-state index contributed by atoms with van der Waals surface area (Å²) in [6.07, 6.45) is 0. The third-order valence-corrected chi connectivity index (χ3v) is 2.85. The zero-order valence-corrected chi connectivity index (χ0v) is 9.62. The van der Waals surface area contributed by atoms with Crippen LogP contribution in [0.3, 0.4) is 0 Å². The fourth-order valence-electron chi connectivity index (χ4n) is 1.82. The maximum absolute atomic E-state index is 12.1. The van der Waals surface area contributed by atoms with E-state index in [0.29, 0.717) is 6.04 Å². The van der Waals surface area contributed by atoms with E-state index < -0.39 is 6.61 Å². The first kappa shape index (κ1) is 12.3. The van der Waals surface area contributed by atoms with E-state index in [2.05, 4.69) is 15.4 Å². The molecule has 1 aliphatic heterocycles. The molecule has 0 amide bonds. The summed E-state index contributed by atoms with van der Waals surface area (Å²) < 4.78 is 28.5. The summed E-state index contributed by atoms with van der Waals surface area (Å²) in [5.41, 5.74) is 0.954. The molecule has 1 atom stereocenters. The molecule has 0 spiro atoms. The van der Waals surface area contributed by atoms with Crippen molar-refractivity contribution >= 4 is 0 Å². The minimum absolute atomic E-state index is 0.128. The van der Waals surface area contributed by atoms with Gasteiger partial charge < -0.3 is 15.4 Å². The van der Waals surface area contributed by atoms with Gasteiger partial charge in [0.1, 0.15) is 5.75 Å². The van der Waals surface area contributed by atoms with Crippen molar-refractivity contribution in [1.29, 1.82) is 0 Å². The Morgan fingerprint density at radius 3 is 2.76 bits per heavy atom. The summed E-state index contributed by atoms with van der Waals surface area (Å²) in [6, 6.07) is 7.41. The summed E-state index contributed by atoms with van der Waals surface area (Å²) in [5, 5.41) is 6.58. The van der Waals surface area contributed by atoms with Gasteiger partial charge in [0, 0.05) is 25.2 Å². The summed E-state index contributed by atoms with van der Waals surface area (Å²) in [4.78, 5) is 0. The molecule has 1 fully saturated rings. The molecule has 1 aromatic carbocycles. The molecular formula is C12H16F2N2O. The minimum atomic E-state index is -2.77. The van der Waals surface area contributed by atoms with Crippen LogP contribution < -0.4 is 15.4 Å². The molecule has 94 valence electrons. The van der Waals surface area contributed by atoms with E-state index in [1.165, 1.54) is 6.07 Å². The highest BCUT2D eigenvalue weighted by molar-refractivity contribution is 5.30. The molecule has 17 heavy (non-hydrogen) atoms. The van der Waals surface area contributed by atoms with Gasteiger partial charge in [0.05, 0.1) is 0 Å². The lowest BCUT2D eigenvalue weighted by molar-refractivity contribution is -0.0499. The van der Waals surface area contributed by atoms with E-state index in [0.717, 1.165) is 18.7 Å². The third-order valence-electron chi connectivity index (χ3n) is 2.85. The average molecular weight is 242 g/mol. The van der Waals surface area contributed by atoms with Crippen LogP contribution in [0, 0.1) is 0 Å². The van der Waals surface area contributed by atoms with Gasteiger partial charge in [-0.1, -0.05) is 12.1 Å². The number of benzene rings is 1. The van der Waals surface area contributed by atoms with Crippen LogP contribution >= 0.6 is 0 Å². The van der Waals surface area contributed by atoms with Crippen LogP contribution in [0.5, 0.6) is 5.75 Å². The average Bonchev–Trinajstić information content (AvgIpc) is 2.22. The lowest BCUT2D eigenvalue weighted by Crippen LogP contribution is -2.55. The topological polar surface area (TPSA) is 33.3 Å². The standard InChI is InChI=1S/C12H16F2N2O/c1-8(16-10-6-15-7-10)9-3-2-4-11(5-9)17-12(13)14/h2-5,8,10,12,15-16H,6-7H2,1H3. The molecule has 1 saturated heterocycles.